The van der Waals surface area contributed by atoms with Crippen molar-refractivity contribution in [2.45, 2.75) is 20.5 Å². The average molecular weight is 406 g/mol. The summed E-state index contributed by atoms with van der Waals surface area (Å²) in [5.41, 5.74) is 3.81. The number of halogens is 2. The Morgan fingerprint density at radius 2 is 1.81 bits per heavy atom. The second kappa shape index (κ2) is 8.12. The minimum atomic E-state index is -0.203. The zero-order valence-corrected chi connectivity index (χ0v) is 16.6. The lowest BCUT2D eigenvalue weighted by Gasteiger charge is -2.08. The molecule has 1 aromatic heterocycles. The fraction of sp³-hybridized carbons (Fsp3) is 0.150. The highest BCUT2D eigenvalue weighted by atomic mass is 35.5. The lowest BCUT2D eigenvalue weighted by Crippen LogP contribution is -2.10. The van der Waals surface area contributed by atoms with Crippen LogP contribution in [-0.4, -0.2) is 5.91 Å². The predicted octanol–water partition coefficient (Wildman–Crippen LogP) is 6.50. The molecule has 0 aliphatic carbocycles. The topological polar surface area (TPSA) is 38.3 Å². The highest BCUT2D eigenvalue weighted by Crippen LogP contribution is 2.25. The largest absolute Gasteiger partial charge is 0.489 e. The Labute approximate surface area is 166 Å². The summed E-state index contributed by atoms with van der Waals surface area (Å²) < 4.78 is 5.86. The van der Waals surface area contributed by atoms with Gasteiger partial charge in [0.2, 0.25) is 0 Å². The summed E-state index contributed by atoms with van der Waals surface area (Å²) in [4.78, 5) is 13.0. The van der Waals surface area contributed by atoms with Crippen LogP contribution in [0, 0.1) is 13.8 Å². The van der Waals surface area contributed by atoms with E-state index in [4.69, 9.17) is 27.9 Å². The molecule has 0 bridgehead atoms. The van der Waals surface area contributed by atoms with Gasteiger partial charge >= 0.3 is 0 Å². The second-order valence-electron chi connectivity index (χ2n) is 5.99. The Morgan fingerprint density at radius 3 is 2.50 bits per heavy atom. The molecule has 134 valence electrons. The van der Waals surface area contributed by atoms with Crippen molar-refractivity contribution in [2.75, 3.05) is 5.32 Å². The average Bonchev–Trinajstić information content (AvgIpc) is 3.02. The number of carbonyl (C=O) groups excluding carboxylic acids is 1. The summed E-state index contributed by atoms with van der Waals surface area (Å²) >= 11 is 13.3. The van der Waals surface area contributed by atoms with Gasteiger partial charge in [-0.15, -0.1) is 11.3 Å². The van der Waals surface area contributed by atoms with E-state index >= 15 is 0 Å². The first-order valence-electron chi connectivity index (χ1n) is 7.95. The molecule has 3 rings (SSSR count). The summed E-state index contributed by atoms with van der Waals surface area (Å²) in [6.45, 7) is 4.48. The van der Waals surface area contributed by atoms with E-state index in [-0.39, 0.29) is 5.91 Å². The van der Waals surface area contributed by atoms with Crippen LogP contribution in [0.2, 0.25) is 10.0 Å². The van der Waals surface area contributed by atoms with Crippen molar-refractivity contribution in [3.05, 3.63) is 79.5 Å². The van der Waals surface area contributed by atoms with E-state index < -0.39 is 0 Å². The Morgan fingerprint density at radius 1 is 1.08 bits per heavy atom. The first kappa shape index (κ1) is 18.8. The van der Waals surface area contributed by atoms with Crippen LogP contribution in [0.15, 0.2) is 47.8 Å². The third-order valence-electron chi connectivity index (χ3n) is 3.72. The molecule has 26 heavy (non-hydrogen) atoms. The summed E-state index contributed by atoms with van der Waals surface area (Å²) in [7, 11) is 0. The fourth-order valence-corrected chi connectivity index (χ4v) is 3.83. The molecule has 3 aromatic rings. The maximum absolute atomic E-state index is 12.4. The van der Waals surface area contributed by atoms with Gasteiger partial charge in [0.15, 0.2) is 0 Å². The zero-order valence-electron chi connectivity index (χ0n) is 14.3. The maximum atomic E-state index is 12.4. The van der Waals surface area contributed by atoms with E-state index in [1.165, 1.54) is 16.9 Å². The SMILES string of the molecule is Cc1ccc(OCc2csc(C(=O)Nc3cc(Cl)cc(Cl)c3)c2)c(C)c1. The number of hydrogen-bond donors (Lipinski definition) is 1. The van der Waals surface area contributed by atoms with Crippen molar-refractivity contribution in [1.29, 1.82) is 0 Å². The number of ether oxygens (including phenoxy) is 1. The Balaban J connectivity index is 1.64. The van der Waals surface area contributed by atoms with Crippen LogP contribution in [0.4, 0.5) is 5.69 Å². The number of amides is 1. The number of anilines is 1. The summed E-state index contributed by atoms with van der Waals surface area (Å²) in [5.74, 6) is 0.646. The van der Waals surface area contributed by atoms with Gasteiger partial charge in [0, 0.05) is 21.3 Å². The van der Waals surface area contributed by atoms with Crippen LogP contribution >= 0.6 is 34.5 Å². The molecule has 6 heteroatoms. The fourth-order valence-electron chi connectivity index (χ4n) is 2.51. The lowest BCUT2D eigenvalue weighted by atomic mass is 10.1. The van der Waals surface area contributed by atoms with Crippen molar-refractivity contribution in [3.63, 3.8) is 0 Å². The molecular weight excluding hydrogens is 389 g/mol. The lowest BCUT2D eigenvalue weighted by molar-refractivity contribution is 0.103. The number of nitrogens with one attached hydrogen (secondary N) is 1. The van der Waals surface area contributed by atoms with Gasteiger partial charge in [-0.2, -0.15) is 0 Å². The van der Waals surface area contributed by atoms with E-state index in [2.05, 4.69) is 11.4 Å². The van der Waals surface area contributed by atoms with Crippen molar-refractivity contribution in [1.82, 2.24) is 0 Å². The van der Waals surface area contributed by atoms with E-state index in [9.17, 15) is 4.79 Å². The van der Waals surface area contributed by atoms with Crippen LogP contribution in [0.1, 0.15) is 26.4 Å². The molecule has 0 aliphatic heterocycles. The second-order valence-corrected chi connectivity index (χ2v) is 7.77. The van der Waals surface area contributed by atoms with Gasteiger partial charge in [-0.1, -0.05) is 40.9 Å². The van der Waals surface area contributed by atoms with Crippen LogP contribution in [-0.2, 0) is 6.61 Å². The molecule has 1 heterocycles. The van der Waals surface area contributed by atoms with Crippen LogP contribution in [0.5, 0.6) is 5.75 Å². The molecule has 2 aromatic carbocycles. The van der Waals surface area contributed by atoms with Crippen molar-refractivity contribution in [2.24, 2.45) is 0 Å². The molecule has 0 unspecified atom stereocenters. The van der Waals surface area contributed by atoms with E-state index in [1.54, 1.807) is 18.2 Å². The number of thiophene rings is 1. The number of rotatable bonds is 5. The quantitative estimate of drug-likeness (QED) is 0.525. The Bertz CT molecular complexity index is 932. The van der Waals surface area contributed by atoms with Crippen molar-refractivity contribution < 1.29 is 9.53 Å². The standard InChI is InChI=1S/C20H17Cl2NO2S/c1-12-3-4-18(13(2)5-12)25-10-14-6-19(26-11-14)20(24)23-17-8-15(21)7-16(22)9-17/h3-9,11H,10H2,1-2H3,(H,23,24). The molecule has 0 aliphatic rings. The van der Waals surface area contributed by atoms with Gasteiger partial charge in [0.25, 0.3) is 5.91 Å². The van der Waals surface area contributed by atoms with E-state index in [0.29, 0.717) is 27.2 Å². The van der Waals surface area contributed by atoms with Gasteiger partial charge < -0.3 is 10.1 Å². The molecule has 1 amide bonds. The summed E-state index contributed by atoms with van der Waals surface area (Å²) in [5, 5.41) is 5.67. The minimum Gasteiger partial charge on any atom is -0.489 e. The van der Waals surface area contributed by atoms with Gasteiger partial charge in [-0.3, -0.25) is 4.79 Å². The number of hydrogen-bond acceptors (Lipinski definition) is 3. The highest BCUT2D eigenvalue weighted by Gasteiger charge is 2.11. The first-order chi connectivity index (χ1) is 12.4. The molecule has 0 spiro atoms. The van der Waals surface area contributed by atoms with Crippen molar-refractivity contribution >= 4 is 46.1 Å². The summed E-state index contributed by atoms with van der Waals surface area (Å²) in [6, 6.07) is 12.8. The predicted molar refractivity (Wildman–Crippen MR) is 109 cm³/mol. The van der Waals surface area contributed by atoms with Gasteiger partial charge in [-0.05, 0) is 55.1 Å². The zero-order chi connectivity index (χ0) is 18.7. The summed E-state index contributed by atoms with van der Waals surface area (Å²) in [6.07, 6.45) is 0. The van der Waals surface area contributed by atoms with Crippen LogP contribution < -0.4 is 10.1 Å². The molecule has 3 nitrogen and oxygen atoms in total. The van der Waals surface area contributed by atoms with Crippen LogP contribution in [0.25, 0.3) is 0 Å². The maximum Gasteiger partial charge on any atom is 0.265 e. The molecule has 1 N–H and O–H groups in total. The number of benzene rings is 2. The third-order valence-corrected chi connectivity index (χ3v) is 5.14. The Kier molecular flexibility index (Phi) is 5.87. The third kappa shape index (κ3) is 4.79. The van der Waals surface area contributed by atoms with E-state index in [1.807, 2.05) is 37.4 Å². The first-order valence-corrected chi connectivity index (χ1v) is 9.59. The van der Waals surface area contributed by atoms with E-state index in [0.717, 1.165) is 16.9 Å². The molecule has 0 fully saturated rings. The monoisotopic (exact) mass is 405 g/mol. The van der Waals surface area contributed by atoms with Gasteiger partial charge in [0.1, 0.15) is 12.4 Å². The van der Waals surface area contributed by atoms with Gasteiger partial charge in [-0.25, -0.2) is 0 Å². The molecular formula is C20H17Cl2NO2S. The minimum absolute atomic E-state index is 0.203. The smallest absolute Gasteiger partial charge is 0.265 e. The number of carbonyl (C=O) groups is 1. The number of aryl methyl sites for hydroxylation is 2. The Hall–Kier alpha value is -2.01. The van der Waals surface area contributed by atoms with Crippen molar-refractivity contribution in [3.8, 4) is 5.75 Å². The molecule has 0 saturated carbocycles. The highest BCUT2D eigenvalue weighted by molar-refractivity contribution is 7.12. The molecule has 0 atom stereocenters. The molecule has 0 radical (unpaired) electrons. The normalized spacial score (nSPS) is 10.6. The van der Waals surface area contributed by atoms with Gasteiger partial charge in [0.05, 0.1) is 4.88 Å². The molecule has 0 saturated heterocycles. The van der Waals surface area contributed by atoms with Crippen LogP contribution in [0.3, 0.4) is 0 Å².